The first-order chi connectivity index (χ1) is 25.8. The van der Waals surface area contributed by atoms with Gasteiger partial charge in [-0.25, -0.2) is 4.57 Å². The molecule has 0 heterocycles. The van der Waals surface area contributed by atoms with Gasteiger partial charge in [0, 0.05) is 19.4 Å². The Kier molecular flexibility index (Phi) is 36.8. The van der Waals surface area contributed by atoms with E-state index in [0.717, 1.165) is 70.6 Å². The summed E-state index contributed by atoms with van der Waals surface area (Å²) in [6, 6.07) is 0. The fourth-order valence-electron chi connectivity index (χ4n) is 4.82. The molecule has 9 nitrogen and oxygen atoms in total. The van der Waals surface area contributed by atoms with Crippen LogP contribution in [-0.2, 0) is 32.7 Å². The Morgan fingerprint density at radius 2 is 1.06 bits per heavy atom. The Bertz CT molecular complexity index is 1140. The zero-order valence-electron chi connectivity index (χ0n) is 33.0. The number of unbranched alkanes of at least 4 members (excludes halogenated alkanes) is 9. The number of phosphoric ester groups is 1. The van der Waals surface area contributed by atoms with E-state index in [-0.39, 0.29) is 32.6 Å². The standard InChI is InChI=1S/C43H72NO8P/c1-3-5-7-9-11-13-15-17-19-20-22-24-26-28-30-32-34-36-43(46)52-41(40-51-53(47,48)50-38-37-44)39-49-42(45)35-33-31-29-27-25-23-21-18-16-14-12-10-8-6-4-2/h5,7,11-14,17-19,21-22,24,28,30,41H,3-4,6,8-10,15-16,20,23,25-27,29,31-40,44H2,1-2H3,(H,47,48)/t41-/m1/s1. The Morgan fingerprint density at radius 3 is 1.60 bits per heavy atom. The smallest absolute Gasteiger partial charge is 0.462 e. The van der Waals surface area contributed by atoms with Gasteiger partial charge in [-0.2, -0.15) is 0 Å². The van der Waals surface area contributed by atoms with Gasteiger partial charge in [0.15, 0.2) is 6.10 Å². The van der Waals surface area contributed by atoms with Crippen molar-refractivity contribution in [3.8, 4) is 0 Å². The molecule has 10 heteroatoms. The van der Waals surface area contributed by atoms with Crippen LogP contribution < -0.4 is 5.73 Å². The van der Waals surface area contributed by atoms with Crippen molar-refractivity contribution in [3.05, 3.63) is 85.1 Å². The van der Waals surface area contributed by atoms with E-state index in [1.165, 1.54) is 25.7 Å². The summed E-state index contributed by atoms with van der Waals surface area (Å²) in [5.74, 6) is -0.923. The molecule has 0 amide bonds. The highest BCUT2D eigenvalue weighted by atomic mass is 31.2. The Morgan fingerprint density at radius 1 is 0.585 bits per heavy atom. The van der Waals surface area contributed by atoms with Gasteiger partial charge < -0.3 is 20.1 Å². The highest BCUT2D eigenvalue weighted by Gasteiger charge is 2.25. The Hall–Kier alpha value is -2.81. The zero-order chi connectivity index (χ0) is 38.9. The fraction of sp³-hybridized carbons (Fsp3) is 0.628. The van der Waals surface area contributed by atoms with Crippen LogP contribution in [0.5, 0.6) is 0 Å². The van der Waals surface area contributed by atoms with E-state index in [9.17, 15) is 19.0 Å². The lowest BCUT2D eigenvalue weighted by atomic mass is 10.1. The van der Waals surface area contributed by atoms with Gasteiger partial charge in [0.1, 0.15) is 6.61 Å². The number of carbonyl (C=O) groups is 2. The van der Waals surface area contributed by atoms with E-state index in [4.69, 9.17) is 24.3 Å². The van der Waals surface area contributed by atoms with E-state index in [1.54, 1.807) is 0 Å². The molecule has 0 aliphatic heterocycles. The molecule has 0 aromatic heterocycles. The molecule has 0 rings (SSSR count). The molecule has 0 aromatic rings. The molecule has 0 aromatic carbocycles. The molecule has 302 valence electrons. The minimum atomic E-state index is -4.40. The molecular formula is C43H72NO8P. The number of allylic oxidation sites excluding steroid dienone is 14. The zero-order valence-corrected chi connectivity index (χ0v) is 33.9. The van der Waals surface area contributed by atoms with Crippen LogP contribution in [0.2, 0.25) is 0 Å². The number of rotatable bonds is 36. The quantitative estimate of drug-likeness (QED) is 0.0277. The van der Waals surface area contributed by atoms with Gasteiger partial charge in [-0.1, -0.05) is 131 Å². The maximum absolute atomic E-state index is 12.5. The third-order valence-corrected chi connectivity index (χ3v) is 8.75. The van der Waals surface area contributed by atoms with E-state index in [0.29, 0.717) is 19.3 Å². The van der Waals surface area contributed by atoms with Crippen molar-refractivity contribution in [2.24, 2.45) is 5.73 Å². The van der Waals surface area contributed by atoms with Crippen molar-refractivity contribution in [3.63, 3.8) is 0 Å². The first-order valence-electron chi connectivity index (χ1n) is 20.1. The van der Waals surface area contributed by atoms with E-state index in [1.807, 2.05) is 6.08 Å². The molecule has 0 saturated heterocycles. The molecule has 0 spiro atoms. The van der Waals surface area contributed by atoms with Gasteiger partial charge in [0.2, 0.25) is 0 Å². The minimum Gasteiger partial charge on any atom is -0.462 e. The first kappa shape index (κ1) is 50.2. The highest BCUT2D eigenvalue weighted by Crippen LogP contribution is 2.43. The number of nitrogens with two attached hydrogens (primary N) is 1. The average Bonchev–Trinajstić information content (AvgIpc) is 3.14. The van der Waals surface area contributed by atoms with E-state index < -0.39 is 32.5 Å². The van der Waals surface area contributed by atoms with Crippen LogP contribution in [-0.4, -0.2) is 49.3 Å². The average molecular weight is 762 g/mol. The summed E-state index contributed by atoms with van der Waals surface area (Å²) in [6.07, 6.45) is 47.6. The second-order valence-corrected chi connectivity index (χ2v) is 14.2. The Labute approximate surface area is 322 Å². The topological polar surface area (TPSA) is 134 Å². The lowest BCUT2D eigenvalue weighted by Gasteiger charge is -2.19. The van der Waals surface area contributed by atoms with Crippen molar-refractivity contribution in [1.29, 1.82) is 0 Å². The third-order valence-electron chi connectivity index (χ3n) is 7.77. The number of phosphoric acid groups is 1. The lowest BCUT2D eigenvalue weighted by molar-refractivity contribution is -0.161. The van der Waals surface area contributed by atoms with Crippen LogP contribution in [0.1, 0.15) is 142 Å². The fourth-order valence-corrected chi connectivity index (χ4v) is 5.58. The number of ether oxygens (including phenoxy) is 2. The molecule has 1 unspecified atom stereocenters. The van der Waals surface area contributed by atoms with Crippen LogP contribution in [0.25, 0.3) is 0 Å². The van der Waals surface area contributed by atoms with Gasteiger partial charge in [-0.15, -0.1) is 0 Å². The summed E-state index contributed by atoms with van der Waals surface area (Å²) in [4.78, 5) is 34.8. The predicted molar refractivity (Wildman–Crippen MR) is 219 cm³/mol. The van der Waals surface area contributed by atoms with E-state index >= 15 is 0 Å². The summed E-state index contributed by atoms with van der Waals surface area (Å²) >= 11 is 0. The van der Waals surface area contributed by atoms with Gasteiger partial charge in [0.05, 0.1) is 13.2 Å². The molecule has 0 bridgehead atoms. The van der Waals surface area contributed by atoms with Crippen LogP contribution in [0.4, 0.5) is 0 Å². The van der Waals surface area contributed by atoms with Gasteiger partial charge >= 0.3 is 19.8 Å². The monoisotopic (exact) mass is 761 g/mol. The first-order valence-corrected chi connectivity index (χ1v) is 21.6. The summed E-state index contributed by atoms with van der Waals surface area (Å²) in [5, 5.41) is 0. The summed E-state index contributed by atoms with van der Waals surface area (Å²) < 4.78 is 32.6. The lowest BCUT2D eigenvalue weighted by Crippen LogP contribution is -2.29. The molecule has 0 fully saturated rings. The highest BCUT2D eigenvalue weighted by molar-refractivity contribution is 7.47. The maximum atomic E-state index is 12.5. The van der Waals surface area contributed by atoms with Crippen LogP contribution >= 0.6 is 7.82 Å². The predicted octanol–water partition coefficient (Wildman–Crippen LogP) is 11.3. The van der Waals surface area contributed by atoms with Crippen molar-refractivity contribution in [2.45, 2.75) is 148 Å². The van der Waals surface area contributed by atoms with Gasteiger partial charge in [-0.05, 0) is 83.5 Å². The van der Waals surface area contributed by atoms with Crippen LogP contribution in [0, 0.1) is 0 Å². The second-order valence-electron chi connectivity index (χ2n) is 12.8. The minimum absolute atomic E-state index is 0.0377. The van der Waals surface area contributed by atoms with Crippen LogP contribution in [0.15, 0.2) is 85.1 Å². The van der Waals surface area contributed by atoms with Crippen molar-refractivity contribution >= 4 is 19.8 Å². The second kappa shape index (κ2) is 38.9. The van der Waals surface area contributed by atoms with Crippen molar-refractivity contribution in [1.82, 2.24) is 0 Å². The molecule has 53 heavy (non-hydrogen) atoms. The third kappa shape index (κ3) is 38.7. The molecule has 3 N–H and O–H groups in total. The number of carbonyl (C=O) groups excluding carboxylic acids is 2. The van der Waals surface area contributed by atoms with Crippen LogP contribution in [0.3, 0.4) is 0 Å². The number of hydrogen-bond acceptors (Lipinski definition) is 8. The SMILES string of the molecule is CCC=CCC=CCC=CCC=CCC=CCCCC(=O)O[C@H](COC(=O)CCCCCCCC=CCC=CCCCCC)COP(=O)(O)OCCN. The Balaban J connectivity index is 4.35. The number of esters is 2. The molecule has 0 aliphatic rings. The summed E-state index contributed by atoms with van der Waals surface area (Å²) in [7, 11) is -4.40. The normalized spacial score (nSPS) is 14.3. The van der Waals surface area contributed by atoms with Gasteiger partial charge in [0.25, 0.3) is 0 Å². The largest absolute Gasteiger partial charge is 0.472 e. The summed E-state index contributed by atoms with van der Waals surface area (Å²) in [6.45, 7) is 3.48. The van der Waals surface area contributed by atoms with Gasteiger partial charge in [-0.3, -0.25) is 18.6 Å². The molecular weight excluding hydrogens is 689 g/mol. The van der Waals surface area contributed by atoms with E-state index in [2.05, 4.69) is 92.8 Å². The maximum Gasteiger partial charge on any atom is 0.472 e. The van der Waals surface area contributed by atoms with Crippen molar-refractivity contribution in [2.75, 3.05) is 26.4 Å². The molecule has 0 saturated carbocycles. The van der Waals surface area contributed by atoms with Crippen molar-refractivity contribution < 1.29 is 37.6 Å². The molecule has 0 aliphatic carbocycles. The molecule has 2 atom stereocenters. The molecule has 0 radical (unpaired) electrons. The summed E-state index contributed by atoms with van der Waals surface area (Å²) in [5.41, 5.74) is 5.33. The number of hydrogen-bond donors (Lipinski definition) is 2.